The van der Waals surface area contributed by atoms with E-state index in [0.29, 0.717) is 25.0 Å². The SMILES string of the molecule is O=C(COC1CC(OC(F)(F)F)C1)NC12CC(n3cnc(-c4ccc(F)cc4F)c3)(C1)C2. The molecule has 4 aliphatic rings. The van der Waals surface area contributed by atoms with Gasteiger partial charge in [0.2, 0.25) is 5.91 Å². The van der Waals surface area contributed by atoms with Crippen molar-refractivity contribution in [1.29, 1.82) is 0 Å². The monoisotopic (exact) mass is 457 g/mol. The second kappa shape index (κ2) is 7.24. The fourth-order valence-corrected chi connectivity index (χ4v) is 5.02. The molecule has 4 aliphatic carbocycles. The van der Waals surface area contributed by atoms with Gasteiger partial charge < -0.3 is 14.6 Å². The molecule has 32 heavy (non-hydrogen) atoms. The Kier molecular flexibility index (Phi) is 4.82. The normalized spacial score (nSPS) is 30.8. The molecular weight excluding hydrogens is 437 g/mol. The zero-order chi connectivity index (χ0) is 22.7. The van der Waals surface area contributed by atoms with Gasteiger partial charge in [-0.15, -0.1) is 13.2 Å². The molecule has 6 rings (SSSR count). The number of benzene rings is 1. The predicted octanol–water partition coefficient (Wildman–Crippen LogP) is 3.66. The van der Waals surface area contributed by atoms with Gasteiger partial charge in [0, 0.05) is 36.2 Å². The van der Waals surface area contributed by atoms with E-state index in [0.717, 1.165) is 6.07 Å². The summed E-state index contributed by atoms with van der Waals surface area (Å²) in [5, 5.41) is 2.95. The molecule has 1 N–H and O–H groups in total. The molecule has 4 fully saturated rings. The lowest BCUT2D eigenvalue weighted by Gasteiger charge is -2.70. The summed E-state index contributed by atoms with van der Waals surface area (Å²) in [5.74, 6) is -1.64. The van der Waals surface area contributed by atoms with Crippen molar-refractivity contribution in [1.82, 2.24) is 14.9 Å². The highest BCUT2D eigenvalue weighted by atomic mass is 19.4. The molecule has 1 aromatic heterocycles. The van der Waals surface area contributed by atoms with Crippen LogP contribution >= 0.6 is 0 Å². The fourth-order valence-electron chi connectivity index (χ4n) is 5.02. The van der Waals surface area contributed by atoms with Crippen molar-refractivity contribution in [2.45, 2.75) is 61.8 Å². The lowest BCUT2D eigenvalue weighted by atomic mass is 9.44. The Morgan fingerprint density at radius 3 is 2.56 bits per heavy atom. The molecule has 0 atom stereocenters. The van der Waals surface area contributed by atoms with Crippen LogP contribution in [0.15, 0.2) is 30.7 Å². The summed E-state index contributed by atoms with van der Waals surface area (Å²) in [6, 6.07) is 3.34. The van der Waals surface area contributed by atoms with Gasteiger partial charge in [-0.25, -0.2) is 13.8 Å². The summed E-state index contributed by atoms with van der Waals surface area (Å²) in [7, 11) is 0. The molecule has 0 aliphatic heterocycles. The maximum Gasteiger partial charge on any atom is 0.522 e. The number of amides is 1. The Hall–Kier alpha value is -2.53. The molecule has 0 spiro atoms. The molecule has 2 bridgehead atoms. The van der Waals surface area contributed by atoms with Gasteiger partial charge >= 0.3 is 6.36 Å². The minimum atomic E-state index is -4.66. The number of ether oxygens (including phenoxy) is 2. The number of hydrogen-bond donors (Lipinski definition) is 1. The maximum absolute atomic E-state index is 14.0. The number of halogens is 5. The highest BCUT2D eigenvalue weighted by molar-refractivity contribution is 5.79. The van der Waals surface area contributed by atoms with Crippen molar-refractivity contribution < 1.29 is 36.2 Å². The second-order valence-electron chi connectivity index (χ2n) is 8.96. The first-order chi connectivity index (χ1) is 15.0. The van der Waals surface area contributed by atoms with Crippen molar-refractivity contribution in [2.24, 2.45) is 0 Å². The van der Waals surface area contributed by atoms with Gasteiger partial charge in [0.05, 0.1) is 29.8 Å². The predicted molar refractivity (Wildman–Crippen MR) is 100 cm³/mol. The number of imidazole rings is 1. The lowest BCUT2D eigenvalue weighted by Crippen LogP contribution is -2.78. The lowest BCUT2D eigenvalue weighted by molar-refractivity contribution is -0.357. The van der Waals surface area contributed by atoms with Gasteiger partial charge in [-0.3, -0.25) is 9.53 Å². The molecule has 172 valence electrons. The zero-order valence-corrected chi connectivity index (χ0v) is 16.8. The average molecular weight is 457 g/mol. The van der Waals surface area contributed by atoms with Crippen molar-refractivity contribution in [3.63, 3.8) is 0 Å². The van der Waals surface area contributed by atoms with Crippen LogP contribution in [0.1, 0.15) is 32.1 Å². The molecule has 11 heteroatoms. The van der Waals surface area contributed by atoms with Crippen LogP contribution in [-0.2, 0) is 19.8 Å². The third-order valence-electron chi connectivity index (χ3n) is 6.55. The minimum Gasteiger partial charge on any atom is -0.368 e. The molecule has 2 aromatic rings. The number of alkyl halides is 3. The van der Waals surface area contributed by atoms with Gasteiger partial charge in [-0.1, -0.05) is 0 Å². The molecular formula is C21H20F5N3O3. The smallest absolute Gasteiger partial charge is 0.368 e. The molecule has 0 radical (unpaired) electrons. The Morgan fingerprint density at radius 1 is 1.19 bits per heavy atom. The van der Waals surface area contributed by atoms with Crippen LogP contribution in [-0.4, -0.2) is 46.2 Å². The molecule has 4 saturated carbocycles. The van der Waals surface area contributed by atoms with E-state index >= 15 is 0 Å². The van der Waals surface area contributed by atoms with E-state index in [-0.39, 0.29) is 42.0 Å². The van der Waals surface area contributed by atoms with Gasteiger partial charge in [0.25, 0.3) is 0 Å². The quantitative estimate of drug-likeness (QED) is 0.645. The van der Waals surface area contributed by atoms with Crippen LogP contribution in [0.25, 0.3) is 11.3 Å². The Bertz CT molecular complexity index is 1030. The summed E-state index contributed by atoms with van der Waals surface area (Å²) in [5.41, 5.74) is 0.113. The average Bonchev–Trinajstić information content (AvgIpc) is 3.07. The molecule has 1 aromatic carbocycles. The molecule has 1 amide bonds. The zero-order valence-electron chi connectivity index (χ0n) is 16.8. The maximum atomic E-state index is 14.0. The summed E-state index contributed by atoms with van der Waals surface area (Å²) < 4.78 is 74.6. The van der Waals surface area contributed by atoms with Gasteiger partial charge in [0.1, 0.15) is 18.2 Å². The molecule has 0 saturated heterocycles. The fraction of sp³-hybridized carbons (Fsp3) is 0.524. The largest absolute Gasteiger partial charge is 0.522 e. The van der Waals surface area contributed by atoms with E-state index in [2.05, 4.69) is 15.0 Å². The van der Waals surface area contributed by atoms with Crippen molar-refractivity contribution in [2.75, 3.05) is 6.61 Å². The first kappa shape index (κ1) is 21.3. The number of carbonyl (C=O) groups is 1. The Balaban J connectivity index is 1.08. The van der Waals surface area contributed by atoms with E-state index in [4.69, 9.17) is 4.74 Å². The first-order valence-corrected chi connectivity index (χ1v) is 10.2. The summed E-state index contributed by atoms with van der Waals surface area (Å²) in [4.78, 5) is 16.4. The molecule has 1 heterocycles. The van der Waals surface area contributed by atoms with Crippen molar-refractivity contribution in [3.8, 4) is 11.3 Å². The number of aromatic nitrogens is 2. The van der Waals surface area contributed by atoms with E-state index in [1.165, 1.54) is 12.1 Å². The highest BCUT2D eigenvalue weighted by Gasteiger charge is 2.69. The van der Waals surface area contributed by atoms with Crippen LogP contribution in [0, 0.1) is 11.6 Å². The van der Waals surface area contributed by atoms with E-state index in [9.17, 15) is 26.7 Å². The topological polar surface area (TPSA) is 65.4 Å². The number of nitrogens with one attached hydrogen (secondary N) is 1. The Labute approximate surface area is 179 Å². The molecule has 0 unspecified atom stereocenters. The van der Waals surface area contributed by atoms with Gasteiger partial charge in [-0.2, -0.15) is 0 Å². The third kappa shape index (κ3) is 3.88. The number of carbonyl (C=O) groups excluding carboxylic acids is 1. The third-order valence-corrected chi connectivity index (χ3v) is 6.55. The highest BCUT2D eigenvalue weighted by Crippen LogP contribution is 2.65. The number of rotatable bonds is 7. The van der Waals surface area contributed by atoms with Crippen molar-refractivity contribution in [3.05, 3.63) is 42.4 Å². The van der Waals surface area contributed by atoms with E-state index in [1.54, 1.807) is 12.5 Å². The Morgan fingerprint density at radius 2 is 1.91 bits per heavy atom. The summed E-state index contributed by atoms with van der Waals surface area (Å²) in [6.45, 7) is -0.211. The number of hydrogen-bond acceptors (Lipinski definition) is 4. The minimum absolute atomic E-state index is 0.110. The van der Waals surface area contributed by atoms with Gasteiger partial charge in [0.15, 0.2) is 0 Å². The van der Waals surface area contributed by atoms with Crippen molar-refractivity contribution >= 4 is 5.91 Å². The number of nitrogens with zero attached hydrogens (tertiary/aromatic N) is 2. The van der Waals surface area contributed by atoms with E-state index < -0.39 is 30.2 Å². The molecule has 6 nitrogen and oxygen atoms in total. The summed E-state index contributed by atoms with van der Waals surface area (Å²) in [6.07, 6.45) is -0.349. The van der Waals surface area contributed by atoms with Gasteiger partial charge in [-0.05, 0) is 31.4 Å². The van der Waals surface area contributed by atoms with Crippen LogP contribution in [0.2, 0.25) is 0 Å². The van der Waals surface area contributed by atoms with Crippen LogP contribution in [0.3, 0.4) is 0 Å². The second-order valence-corrected chi connectivity index (χ2v) is 8.96. The van der Waals surface area contributed by atoms with Crippen LogP contribution in [0.5, 0.6) is 0 Å². The van der Waals surface area contributed by atoms with E-state index in [1.807, 2.05) is 4.57 Å². The van der Waals surface area contributed by atoms with Crippen LogP contribution in [0.4, 0.5) is 22.0 Å². The standard InChI is InChI=1S/C21H20F5N3O3/c22-12-1-2-15(16(23)3-12)17-6-29(11-27-17)20-8-19(9-20,10-20)28-18(30)7-31-13-4-14(5-13)32-21(24,25)26/h1-3,6,11,13-14H,4-5,7-10H2,(H,28,30). The first-order valence-electron chi connectivity index (χ1n) is 10.2. The van der Waals surface area contributed by atoms with Crippen LogP contribution < -0.4 is 5.32 Å². The summed E-state index contributed by atoms with van der Waals surface area (Å²) >= 11 is 0.